The third-order valence-electron chi connectivity index (χ3n) is 5.24. The highest BCUT2D eigenvalue weighted by atomic mass is 32.2. The topological polar surface area (TPSA) is 119 Å². The highest BCUT2D eigenvalue weighted by molar-refractivity contribution is 7.89. The summed E-state index contributed by atoms with van der Waals surface area (Å²) in [6, 6.07) is 9.98. The average molecular weight is 472 g/mol. The van der Waals surface area contributed by atoms with Crippen molar-refractivity contribution in [3.05, 3.63) is 59.5 Å². The number of ether oxygens (including phenoxy) is 1. The van der Waals surface area contributed by atoms with Gasteiger partial charge in [-0.05, 0) is 42.3 Å². The van der Waals surface area contributed by atoms with Gasteiger partial charge in [0.25, 0.3) is 0 Å². The summed E-state index contributed by atoms with van der Waals surface area (Å²) in [7, 11) is -2.69. The van der Waals surface area contributed by atoms with E-state index in [1.807, 2.05) is 0 Å². The van der Waals surface area contributed by atoms with Crippen LogP contribution in [0.3, 0.4) is 0 Å². The molecule has 0 radical (unpaired) electrons. The Bertz CT molecular complexity index is 1350. The number of carbonyl (C=O) groups is 2. The summed E-state index contributed by atoms with van der Waals surface area (Å²) in [5.41, 5.74) is 1.91. The Kier molecular flexibility index (Phi) is 6.00. The molecule has 1 amide bonds. The highest BCUT2D eigenvalue weighted by Gasteiger charge is 2.28. The van der Waals surface area contributed by atoms with Gasteiger partial charge in [-0.15, -0.1) is 0 Å². The normalized spacial score (nSPS) is 13.9. The van der Waals surface area contributed by atoms with Gasteiger partial charge in [-0.1, -0.05) is 18.2 Å². The van der Waals surface area contributed by atoms with Crippen molar-refractivity contribution >= 4 is 27.7 Å². The molecule has 11 heteroatoms. The van der Waals surface area contributed by atoms with Gasteiger partial charge in [-0.25, -0.2) is 17.5 Å². The van der Waals surface area contributed by atoms with E-state index in [4.69, 9.17) is 4.74 Å². The van der Waals surface area contributed by atoms with Gasteiger partial charge < -0.3 is 10.1 Å². The molecule has 1 aromatic heterocycles. The lowest BCUT2D eigenvalue weighted by atomic mass is 10.1. The van der Waals surface area contributed by atoms with Crippen molar-refractivity contribution in [2.45, 2.75) is 31.2 Å². The summed E-state index contributed by atoms with van der Waals surface area (Å²) < 4.78 is 48.2. The number of sulfonamides is 1. The molecule has 4 rings (SSSR count). The standard InChI is InChI=1S/C22H21FN4O5S/c1-13-21(22-25-19(28)9-10-20(29)27(22)26-13)15-5-8-17(32-2)18(11-15)33(30,31)24-12-14-3-6-16(23)7-4-14/h3-8,11,24H,9-10,12H2,1-2H3,(H,25,28). The molecule has 2 heterocycles. The minimum absolute atomic E-state index is 0.0228. The number of nitrogens with zero attached hydrogens (tertiary/aromatic N) is 2. The number of nitrogens with one attached hydrogen (secondary N) is 2. The maximum Gasteiger partial charge on any atom is 0.249 e. The first-order valence-electron chi connectivity index (χ1n) is 10.0. The largest absolute Gasteiger partial charge is 0.495 e. The summed E-state index contributed by atoms with van der Waals surface area (Å²) in [5.74, 6) is -0.767. The van der Waals surface area contributed by atoms with Gasteiger partial charge in [-0.3, -0.25) is 9.59 Å². The first kappa shape index (κ1) is 22.6. The lowest BCUT2D eigenvalue weighted by Gasteiger charge is -2.13. The van der Waals surface area contributed by atoms with Crippen LogP contribution in [0.2, 0.25) is 0 Å². The number of carbonyl (C=O) groups excluding carboxylic acids is 2. The fourth-order valence-electron chi connectivity index (χ4n) is 3.59. The molecule has 0 bridgehead atoms. The van der Waals surface area contributed by atoms with E-state index in [0.717, 1.165) is 4.68 Å². The van der Waals surface area contributed by atoms with Crippen molar-refractivity contribution in [1.29, 1.82) is 0 Å². The van der Waals surface area contributed by atoms with Crippen LogP contribution in [0.4, 0.5) is 10.2 Å². The van der Waals surface area contributed by atoms with Gasteiger partial charge in [0, 0.05) is 24.9 Å². The molecule has 3 aromatic rings. The molecule has 0 spiro atoms. The van der Waals surface area contributed by atoms with Gasteiger partial charge in [-0.2, -0.15) is 9.78 Å². The second kappa shape index (κ2) is 8.75. The molecule has 0 atom stereocenters. The predicted molar refractivity (Wildman–Crippen MR) is 118 cm³/mol. The molecule has 1 aliphatic heterocycles. The van der Waals surface area contributed by atoms with Crippen molar-refractivity contribution in [1.82, 2.24) is 14.5 Å². The van der Waals surface area contributed by atoms with Gasteiger partial charge in [0.1, 0.15) is 22.3 Å². The molecule has 9 nitrogen and oxygen atoms in total. The summed E-state index contributed by atoms with van der Waals surface area (Å²) >= 11 is 0. The van der Waals surface area contributed by atoms with E-state index in [1.165, 1.54) is 43.5 Å². The van der Waals surface area contributed by atoms with E-state index in [9.17, 15) is 22.4 Å². The fraction of sp³-hybridized carbons (Fsp3) is 0.227. The smallest absolute Gasteiger partial charge is 0.249 e. The van der Waals surface area contributed by atoms with E-state index in [2.05, 4.69) is 15.1 Å². The van der Waals surface area contributed by atoms with Crippen LogP contribution in [-0.4, -0.2) is 37.1 Å². The Labute approximate surface area is 189 Å². The van der Waals surface area contributed by atoms with E-state index in [0.29, 0.717) is 22.4 Å². The van der Waals surface area contributed by atoms with Crippen LogP contribution in [0.15, 0.2) is 47.4 Å². The molecule has 33 heavy (non-hydrogen) atoms. The van der Waals surface area contributed by atoms with Gasteiger partial charge in [0.2, 0.25) is 21.8 Å². The number of hydrogen-bond donors (Lipinski definition) is 2. The zero-order valence-electron chi connectivity index (χ0n) is 17.9. The number of benzene rings is 2. The molecule has 172 valence electrons. The summed E-state index contributed by atoms with van der Waals surface area (Å²) in [6.45, 7) is 1.62. The van der Waals surface area contributed by atoms with E-state index >= 15 is 0 Å². The SMILES string of the molecule is COc1ccc(-c2c(C)nn3c2NC(=O)CCC3=O)cc1S(=O)(=O)NCc1ccc(F)cc1. The van der Waals surface area contributed by atoms with Crippen molar-refractivity contribution in [2.75, 3.05) is 12.4 Å². The van der Waals surface area contributed by atoms with Crippen molar-refractivity contribution in [2.24, 2.45) is 0 Å². The van der Waals surface area contributed by atoms with Crippen LogP contribution in [-0.2, 0) is 21.4 Å². The third kappa shape index (κ3) is 4.50. The monoisotopic (exact) mass is 472 g/mol. The Morgan fingerprint density at radius 2 is 1.88 bits per heavy atom. The zero-order chi connectivity index (χ0) is 23.8. The summed E-state index contributed by atoms with van der Waals surface area (Å²) in [6.07, 6.45) is 0.0607. The Balaban J connectivity index is 1.74. The van der Waals surface area contributed by atoms with Gasteiger partial charge in [0.15, 0.2) is 0 Å². The zero-order valence-corrected chi connectivity index (χ0v) is 18.7. The van der Waals surface area contributed by atoms with Gasteiger partial charge in [0.05, 0.1) is 12.8 Å². The van der Waals surface area contributed by atoms with E-state index in [1.54, 1.807) is 13.0 Å². The highest BCUT2D eigenvalue weighted by Crippen LogP contribution is 2.36. The van der Waals surface area contributed by atoms with Crippen LogP contribution in [0.1, 0.15) is 28.9 Å². The molecule has 0 aliphatic carbocycles. The number of methoxy groups -OCH3 is 1. The summed E-state index contributed by atoms with van der Waals surface area (Å²) in [4.78, 5) is 24.3. The second-order valence-corrected chi connectivity index (χ2v) is 9.21. The third-order valence-corrected chi connectivity index (χ3v) is 6.66. The molecule has 0 saturated heterocycles. The molecule has 0 saturated carbocycles. The number of aryl methyl sites for hydroxylation is 1. The second-order valence-electron chi connectivity index (χ2n) is 7.48. The van der Waals surface area contributed by atoms with Crippen molar-refractivity contribution in [3.63, 3.8) is 0 Å². The minimum atomic E-state index is -4.04. The molecule has 2 aromatic carbocycles. The van der Waals surface area contributed by atoms with Crippen LogP contribution in [0.5, 0.6) is 5.75 Å². The van der Waals surface area contributed by atoms with Crippen molar-refractivity contribution < 1.29 is 27.1 Å². The predicted octanol–water partition coefficient (Wildman–Crippen LogP) is 2.86. The van der Waals surface area contributed by atoms with E-state index < -0.39 is 15.8 Å². The number of anilines is 1. The molecule has 2 N–H and O–H groups in total. The van der Waals surface area contributed by atoms with E-state index in [-0.39, 0.29) is 47.7 Å². The molecular formula is C22H21FN4O5S. The van der Waals surface area contributed by atoms with Gasteiger partial charge >= 0.3 is 0 Å². The first-order valence-corrected chi connectivity index (χ1v) is 11.5. The van der Waals surface area contributed by atoms with Crippen LogP contribution in [0.25, 0.3) is 11.1 Å². The van der Waals surface area contributed by atoms with Crippen LogP contribution < -0.4 is 14.8 Å². The number of aromatic nitrogens is 2. The Morgan fingerprint density at radius 3 is 2.58 bits per heavy atom. The fourth-order valence-corrected chi connectivity index (χ4v) is 4.80. The number of rotatable bonds is 6. The van der Waals surface area contributed by atoms with Crippen LogP contribution >= 0.6 is 0 Å². The minimum Gasteiger partial charge on any atom is -0.495 e. The molecule has 0 fully saturated rings. The number of halogens is 1. The molecule has 0 unspecified atom stereocenters. The number of hydrogen-bond acceptors (Lipinski definition) is 6. The Hall–Kier alpha value is -3.57. The lowest BCUT2D eigenvalue weighted by Crippen LogP contribution is -2.23. The number of fused-ring (bicyclic) bond motifs is 1. The maximum absolute atomic E-state index is 13.1. The molecular weight excluding hydrogens is 451 g/mol. The Morgan fingerprint density at radius 1 is 1.15 bits per heavy atom. The quantitative estimate of drug-likeness (QED) is 0.569. The maximum atomic E-state index is 13.1. The molecule has 1 aliphatic rings. The van der Waals surface area contributed by atoms with Crippen LogP contribution in [0, 0.1) is 12.7 Å². The van der Waals surface area contributed by atoms with Crippen molar-refractivity contribution in [3.8, 4) is 16.9 Å². The number of amides is 1. The first-order chi connectivity index (χ1) is 15.7. The summed E-state index contributed by atoms with van der Waals surface area (Å²) in [5, 5.41) is 6.94. The average Bonchev–Trinajstić information content (AvgIpc) is 3.05. The lowest BCUT2D eigenvalue weighted by molar-refractivity contribution is -0.116.